The standard InChI is InChI=1S/C12H15BrN2O2/c1-8(16)14-6-5-10-3-4-12(11(13)7-10)15-9(2)17/h3-4,7H,5-6H2,1-2H3,(H,14,16)(H,15,17). The number of hydrogen-bond donors (Lipinski definition) is 2. The minimum absolute atomic E-state index is 0.0288. The van der Waals surface area contributed by atoms with E-state index >= 15 is 0 Å². The summed E-state index contributed by atoms with van der Waals surface area (Å²) in [7, 11) is 0. The van der Waals surface area contributed by atoms with Crippen LogP contribution in [0.2, 0.25) is 0 Å². The maximum Gasteiger partial charge on any atom is 0.221 e. The maximum absolute atomic E-state index is 10.9. The smallest absolute Gasteiger partial charge is 0.221 e. The molecule has 0 aromatic heterocycles. The van der Waals surface area contributed by atoms with E-state index in [9.17, 15) is 9.59 Å². The van der Waals surface area contributed by atoms with Gasteiger partial charge in [-0.15, -0.1) is 0 Å². The lowest BCUT2D eigenvalue weighted by Gasteiger charge is -2.08. The maximum atomic E-state index is 10.9. The molecule has 0 aliphatic carbocycles. The van der Waals surface area contributed by atoms with Crippen molar-refractivity contribution >= 4 is 33.4 Å². The molecule has 0 saturated carbocycles. The van der Waals surface area contributed by atoms with Gasteiger partial charge in [-0.05, 0) is 40.0 Å². The molecular formula is C12H15BrN2O2. The Morgan fingerprint density at radius 3 is 2.47 bits per heavy atom. The number of halogens is 1. The molecule has 0 atom stereocenters. The third-order valence-corrected chi connectivity index (χ3v) is 2.79. The van der Waals surface area contributed by atoms with Crippen molar-refractivity contribution in [3.8, 4) is 0 Å². The molecule has 92 valence electrons. The van der Waals surface area contributed by atoms with E-state index in [1.54, 1.807) is 0 Å². The molecule has 0 aliphatic heterocycles. The van der Waals surface area contributed by atoms with Crippen molar-refractivity contribution in [3.63, 3.8) is 0 Å². The molecule has 0 heterocycles. The molecule has 2 amide bonds. The highest BCUT2D eigenvalue weighted by Gasteiger charge is 2.03. The fourth-order valence-corrected chi connectivity index (χ4v) is 1.91. The van der Waals surface area contributed by atoms with Crippen LogP contribution >= 0.6 is 15.9 Å². The second kappa shape index (κ2) is 6.39. The summed E-state index contributed by atoms with van der Waals surface area (Å²) in [6, 6.07) is 5.71. The first-order chi connectivity index (χ1) is 7.99. The largest absolute Gasteiger partial charge is 0.356 e. The quantitative estimate of drug-likeness (QED) is 0.894. The van der Waals surface area contributed by atoms with Gasteiger partial charge in [0.2, 0.25) is 11.8 Å². The Morgan fingerprint density at radius 2 is 1.94 bits per heavy atom. The van der Waals surface area contributed by atoms with Crippen LogP contribution in [0.3, 0.4) is 0 Å². The van der Waals surface area contributed by atoms with Crippen LogP contribution in [-0.4, -0.2) is 18.4 Å². The Labute approximate surface area is 109 Å². The van der Waals surface area contributed by atoms with Crippen LogP contribution < -0.4 is 10.6 Å². The van der Waals surface area contributed by atoms with Crippen molar-refractivity contribution in [1.82, 2.24) is 5.32 Å². The third kappa shape index (κ3) is 4.99. The molecule has 0 bridgehead atoms. The molecule has 2 N–H and O–H groups in total. The molecule has 1 aromatic rings. The van der Waals surface area contributed by atoms with Gasteiger partial charge in [-0.2, -0.15) is 0 Å². The van der Waals surface area contributed by atoms with Gasteiger partial charge >= 0.3 is 0 Å². The minimum Gasteiger partial charge on any atom is -0.356 e. The van der Waals surface area contributed by atoms with E-state index in [4.69, 9.17) is 0 Å². The van der Waals surface area contributed by atoms with Gasteiger partial charge in [0.05, 0.1) is 5.69 Å². The first-order valence-electron chi connectivity index (χ1n) is 5.29. The summed E-state index contributed by atoms with van der Waals surface area (Å²) in [4.78, 5) is 21.6. The number of anilines is 1. The molecule has 0 spiro atoms. The van der Waals surface area contributed by atoms with Crippen molar-refractivity contribution < 1.29 is 9.59 Å². The number of nitrogens with one attached hydrogen (secondary N) is 2. The molecule has 0 unspecified atom stereocenters. The van der Waals surface area contributed by atoms with Crippen LogP contribution in [0.25, 0.3) is 0 Å². The third-order valence-electron chi connectivity index (χ3n) is 2.13. The topological polar surface area (TPSA) is 58.2 Å². The zero-order chi connectivity index (χ0) is 12.8. The summed E-state index contributed by atoms with van der Waals surface area (Å²) >= 11 is 3.39. The average Bonchev–Trinajstić information content (AvgIpc) is 2.21. The Hall–Kier alpha value is -1.36. The first-order valence-corrected chi connectivity index (χ1v) is 6.09. The lowest BCUT2D eigenvalue weighted by Crippen LogP contribution is -2.22. The lowest BCUT2D eigenvalue weighted by molar-refractivity contribution is -0.119. The fraction of sp³-hybridized carbons (Fsp3) is 0.333. The molecule has 17 heavy (non-hydrogen) atoms. The molecule has 0 radical (unpaired) electrons. The summed E-state index contributed by atoms with van der Waals surface area (Å²) < 4.78 is 0.841. The number of carbonyl (C=O) groups excluding carboxylic acids is 2. The average molecular weight is 299 g/mol. The second-order valence-electron chi connectivity index (χ2n) is 3.73. The van der Waals surface area contributed by atoms with E-state index in [1.807, 2.05) is 18.2 Å². The Morgan fingerprint density at radius 1 is 1.24 bits per heavy atom. The number of rotatable bonds is 4. The zero-order valence-corrected chi connectivity index (χ0v) is 11.4. The van der Waals surface area contributed by atoms with Gasteiger partial charge in [-0.25, -0.2) is 0 Å². The van der Waals surface area contributed by atoms with Gasteiger partial charge < -0.3 is 10.6 Å². The first kappa shape index (κ1) is 13.7. The molecule has 1 rings (SSSR count). The molecule has 1 aromatic carbocycles. The van der Waals surface area contributed by atoms with E-state index < -0.39 is 0 Å². The van der Waals surface area contributed by atoms with Gasteiger partial charge in [0.15, 0.2) is 0 Å². The van der Waals surface area contributed by atoms with E-state index in [0.717, 1.165) is 22.1 Å². The fourth-order valence-electron chi connectivity index (χ4n) is 1.39. The Bertz CT molecular complexity index is 433. The van der Waals surface area contributed by atoms with E-state index in [2.05, 4.69) is 26.6 Å². The van der Waals surface area contributed by atoms with Crippen molar-refractivity contribution in [2.45, 2.75) is 20.3 Å². The SMILES string of the molecule is CC(=O)NCCc1ccc(NC(C)=O)c(Br)c1. The highest BCUT2D eigenvalue weighted by molar-refractivity contribution is 9.10. The summed E-state index contributed by atoms with van der Waals surface area (Å²) in [5.41, 5.74) is 1.85. The van der Waals surface area contributed by atoms with Gasteiger partial charge in [0.25, 0.3) is 0 Å². The predicted molar refractivity (Wildman–Crippen MR) is 70.8 cm³/mol. The second-order valence-corrected chi connectivity index (χ2v) is 4.58. The molecule has 0 aliphatic rings. The predicted octanol–water partition coefficient (Wildman–Crippen LogP) is 2.09. The number of hydrogen-bond acceptors (Lipinski definition) is 2. The van der Waals surface area contributed by atoms with Crippen molar-refractivity contribution in [3.05, 3.63) is 28.2 Å². The Balaban J connectivity index is 2.62. The summed E-state index contributed by atoms with van der Waals surface area (Å²) in [5, 5.41) is 5.46. The lowest BCUT2D eigenvalue weighted by atomic mass is 10.1. The monoisotopic (exact) mass is 298 g/mol. The van der Waals surface area contributed by atoms with E-state index in [-0.39, 0.29) is 11.8 Å². The minimum atomic E-state index is -0.100. The molecule has 5 heteroatoms. The zero-order valence-electron chi connectivity index (χ0n) is 9.84. The molecular weight excluding hydrogens is 284 g/mol. The number of carbonyl (C=O) groups is 2. The van der Waals surface area contributed by atoms with Crippen LogP contribution in [0.15, 0.2) is 22.7 Å². The van der Waals surface area contributed by atoms with Crippen LogP contribution in [0.4, 0.5) is 5.69 Å². The van der Waals surface area contributed by atoms with Gasteiger partial charge in [-0.1, -0.05) is 6.07 Å². The summed E-state index contributed by atoms with van der Waals surface area (Å²) in [6.07, 6.45) is 0.762. The van der Waals surface area contributed by atoms with E-state index in [0.29, 0.717) is 6.54 Å². The van der Waals surface area contributed by atoms with Crippen molar-refractivity contribution in [2.24, 2.45) is 0 Å². The van der Waals surface area contributed by atoms with Crippen LogP contribution in [0.1, 0.15) is 19.4 Å². The molecule has 0 fully saturated rings. The number of benzene rings is 1. The summed E-state index contributed by atoms with van der Waals surface area (Å²) in [6.45, 7) is 3.58. The van der Waals surface area contributed by atoms with Crippen LogP contribution in [0, 0.1) is 0 Å². The van der Waals surface area contributed by atoms with Crippen LogP contribution in [-0.2, 0) is 16.0 Å². The van der Waals surface area contributed by atoms with Crippen LogP contribution in [0.5, 0.6) is 0 Å². The Kier molecular flexibility index (Phi) is 5.15. The highest BCUT2D eigenvalue weighted by atomic mass is 79.9. The number of amides is 2. The normalized spacial score (nSPS) is 9.82. The molecule has 0 saturated heterocycles. The van der Waals surface area contributed by atoms with Crippen molar-refractivity contribution in [2.75, 3.05) is 11.9 Å². The van der Waals surface area contributed by atoms with E-state index in [1.165, 1.54) is 13.8 Å². The van der Waals surface area contributed by atoms with Gasteiger partial charge in [-0.3, -0.25) is 9.59 Å². The van der Waals surface area contributed by atoms with Gasteiger partial charge in [0, 0.05) is 24.9 Å². The highest BCUT2D eigenvalue weighted by Crippen LogP contribution is 2.23. The van der Waals surface area contributed by atoms with Gasteiger partial charge in [0.1, 0.15) is 0 Å². The summed E-state index contributed by atoms with van der Waals surface area (Å²) in [5.74, 6) is -0.129. The molecule has 4 nitrogen and oxygen atoms in total. The van der Waals surface area contributed by atoms with Crippen molar-refractivity contribution in [1.29, 1.82) is 0 Å².